The molecule has 2 heterocycles. The molecule has 206 valence electrons. The SMILES string of the molecule is CC1CCc2ncnc(N3CCN(C(=O)[C@H](CC(C)(C)NC(=O)OC(C)(C)C)c4ccc(Cl)cc4)CC3)c21. The van der Waals surface area contributed by atoms with Gasteiger partial charge in [-0.15, -0.1) is 0 Å². The molecule has 2 aromatic rings. The number of rotatable bonds is 6. The molecule has 0 spiro atoms. The number of benzene rings is 1. The Morgan fingerprint density at radius 3 is 2.37 bits per heavy atom. The highest BCUT2D eigenvalue weighted by Crippen LogP contribution is 2.37. The molecule has 1 N–H and O–H groups in total. The number of carbonyl (C=O) groups excluding carboxylic acids is 2. The number of hydrogen-bond donors (Lipinski definition) is 1. The van der Waals surface area contributed by atoms with Gasteiger partial charge in [0.15, 0.2) is 0 Å². The maximum absolute atomic E-state index is 14.0. The third kappa shape index (κ3) is 6.76. The number of nitrogens with one attached hydrogen (secondary N) is 1. The summed E-state index contributed by atoms with van der Waals surface area (Å²) in [5.74, 6) is 1.08. The molecule has 4 rings (SSSR count). The zero-order valence-electron chi connectivity index (χ0n) is 23.4. The molecule has 2 aliphatic rings. The van der Waals surface area contributed by atoms with E-state index in [1.165, 1.54) is 5.56 Å². The minimum Gasteiger partial charge on any atom is -0.444 e. The predicted molar refractivity (Wildman–Crippen MR) is 150 cm³/mol. The van der Waals surface area contributed by atoms with E-state index < -0.39 is 23.2 Å². The predicted octanol–water partition coefficient (Wildman–Crippen LogP) is 5.31. The van der Waals surface area contributed by atoms with Gasteiger partial charge in [0.05, 0.1) is 5.92 Å². The Hall–Kier alpha value is -2.87. The number of aromatic nitrogens is 2. The highest BCUT2D eigenvalue weighted by molar-refractivity contribution is 6.30. The highest BCUT2D eigenvalue weighted by Gasteiger charge is 2.36. The first-order valence-electron chi connectivity index (χ1n) is 13.5. The van der Waals surface area contributed by atoms with Crippen molar-refractivity contribution in [2.45, 2.75) is 83.8 Å². The molecular weight excluding hydrogens is 502 g/mol. The van der Waals surface area contributed by atoms with E-state index in [0.717, 1.165) is 43.0 Å². The van der Waals surface area contributed by atoms with E-state index in [2.05, 4.69) is 27.1 Å². The summed E-state index contributed by atoms with van der Waals surface area (Å²) in [6, 6.07) is 7.41. The smallest absolute Gasteiger partial charge is 0.408 e. The van der Waals surface area contributed by atoms with E-state index in [1.807, 2.05) is 51.7 Å². The molecule has 2 atom stereocenters. The van der Waals surface area contributed by atoms with Crippen molar-refractivity contribution >= 4 is 29.4 Å². The number of nitrogens with zero attached hydrogens (tertiary/aromatic N) is 4. The summed E-state index contributed by atoms with van der Waals surface area (Å²) in [5.41, 5.74) is 2.02. The number of ether oxygens (including phenoxy) is 1. The summed E-state index contributed by atoms with van der Waals surface area (Å²) >= 11 is 6.15. The fourth-order valence-corrected chi connectivity index (χ4v) is 5.54. The second-order valence-corrected chi connectivity index (χ2v) is 12.6. The van der Waals surface area contributed by atoms with Crippen LogP contribution in [-0.2, 0) is 16.0 Å². The number of carbonyl (C=O) groups is 2. The number of alkyl carbamates (subject to hydrolysis) is 1. The first-order chi connectivity index (χ1) is 17.8. The molecule has 0 radical (unpaired) electrons. The van der Waals surface area contributed by atoms with Crippen LogP contribution in [0.3, 0.4) is 0 Å². The minimum atomic E-state index is -0.679. The van der Waals surface area contributed by atoms with E-state index in [1.54, 1.807) is 18.5 Å². The van der Waals surface area contributed by atoms with Crippen molar-refractivity contribution in [1.29, 1.82) is 0 Å². The van der Waals surface area contributed by atoms with Crippen molar-refractivity contribution in [2.24, 2.45) is 0 Å². The summed E-state index contributed by atoms with van der Waals surface area (Å²) in [6.45, 7) is 14.2. The summed E-state index contributed by atoms with van der Waals surface area (Å²) in [5, 5.41) is 3.58. The Labute approximate surface area is 231 Å². The van der Waals surface area contributed by atoms with Crippen molar-refractivity contribution < 1.29 is 14.3 Å². The average molecular weight is 542 g/mol. The number of anilines is 1. The molecule has 1 aliphatic heterocycles. The van der Waals surface area contributed by atoms with Gasteiger partial charge in [-0.25, -0.2) is 14.8 Å². The van der Waals surface area contributed by atoms with E-state index >= 15 is 0 Å². The molecule has 1 fully saturated rings. The van der Waals surface area contributed by atoms with Gasteiger partial charge in [-0.2, -0.15) is 0 Å². The van der Waals surface area contributed by atoms with Crippen LogP contribution in [0.15, 0.2) is 30.6 Å². The molecule has 8 nitrogen and oxygen atoms in total. The largest absolute Gasteiger partial charge is 0.444 e. The maximum atomic E-state index is 14.0. The van der Waals surface area contributed by atoms with Gasteiger partial charge in [0.25, 0.3) is 0 Å². The lowest BCUT2D eigenvalue weighted by Crippen LogP contribution is -2.52. The van der Waals surface area contributed by atoms with Crippen LogP contribution in [0, 0.1) is 0 Å². The molecule has 1 aromatic carbocycles. The van der Waals surface area contributed by atoms with Crippen molar-refractivity contribution in [3.05, 3.63) is 52.4 Å². The summed E-state index contributed by atoms with van der Waals surface area (Å²) < 4.78 is 5.47. The van der Waals surface area contributed by atoms with Crippen LogP contribution in [0.2, 0.25) is 5.02 Å². The number of amides is 2. The van der Waals surface area contributed by atoms with E-state index in [4.69, 9.17) is 16.3 Å². The van der Waals surface area contributed by atoms with E-state index in [-0.39, 0.29) is 5.91 Å². The van der Waals surface area contributed by atoms with Crippen LogP contribution in [0.25, 0.3) is 0 Å². The Bertz CT molecular complexity index is 1150. The summed E-state index contributed by atoms with van der Waals surface area (Å²) in [7, 11) is 0. The van der Waals surface area contributed by atoms with E-state index in [0.29, 0.717) is 30.5 Å². The first kappa shape index (κ1) is 28.1. The molecule has 1 aliphatic carbocycles. The Kier molecular flexibility index (Phi) is 8.21. The van der Waals surface area contributed by atoms with Gasteiger partial charge < -0.3 is 19.9 Å². The molecular formula is C29H40ClN5O3. The van der Waals surface area contributed by atoms with Crippen molar-refractivity contribution in [1.82, 2.24) is 20.2 Å². The number of piperazine rings is 1. The topological polar surface area (TPSA) is 87.7 Å². The van der Waals surface area contributed by atoms with Gasteiger partial charge in [-0.1, -0.05) is 30.7 Å². The van der Waals surface area contributed by atoms with Gasteiger partial charge in [0.2, 0.25) is 5.91 Å². The number of aryl methyl sites for hydroxylation is 1. The molecule has 1 unspecified atom stereocenters. The second kappa shape index (κ2) is 11.1. The first-order valence-corrected chi connectivity index (χ1v) is 13.8. The lowest BCUT2D eigenvalue weighted by molar-refractivity contribution is -0.133. The zero-order chi connectivity index (χ0) is 27.7. The monoisotopic (exact) mass is 541 g/mol. The Morgan fingerprint density at radius 1 is 1.08 bits per heavy atom. The lowest BCUT2D eigenvalue weighted by atomic mass is 9.84. The quantitative estimate of drug-likeness (QED) is 0.533. The van der Waals surface area contributed by atoms with Crippen LogP contribution in [0.4, 0.5) is 10.6 Å². The molecule has 1 saturated heterocycles. The Morgan fingerprint density at radius 2 is 1.74 bits per heavy atom. The standard InChI is InChI=1S/C29H40ClN5O3/c1-19-7-12-23-24(19)25(32-18-31-23)34-13-15-35(16-14-34)26(36)22(20-8-10-21(30)11-9-20)17-29(5,6)33-27(37)38-28(2,3)4/h8-11,18-19,22H,7,12-17H2,1-6H3,(H,33,37)/t19?,22-/m1/s1. The molecule has 1 aromatic heterocycles. The summed E-state index contributed by atoms with van der Waals surface area (Å²) in [6.07, 6.45) is 3.70. The Balaban J connectivity index is 1.48. The second-order valence-electron chi connectivity index (χ2n) is 12.1. The van der Waals surface area contributed by atoms with Crippen LogP contribution >= 0.6 is 11.6 Å². The molecule has 0 bridgehead atoms. The molecule has 2 amide bonds. The van der Waals surface area contributed by atoms with Crippen molar-refractivity contribution in [2.75, 3.05) is 31.1 Å². The molecule has 0 saturated carbocycles. The number of halogens is 1. The fraction of sp³-hybridized carbons (Fsp3) is 0.586. The lowest BCUT2D eigenvalue weighted by Gasteiger charge is -2.39. The molecule has 38 heavy (non-hydrogen) atoms. The highest BCUT2D eigenvalue weighted by atomic mass is 35.5. The van der Waals surface area contributed by atoms with Gasteiger partial charge in [-0.05, 0) is 77.5 Å². The van der Waals surface area contributed by atoms with Gasteiger partial charge in [0, 0.05) is 48.0 Å². The van der Waals surface area contributed by atoms with Gasteiger partial charge >= 0.3 is 6.09 Å². The minimum absolute atomic E-state index is 0.0484. The normalized spacial score (nSPS) is 18.7. The zero-order valence-corrected chi connectivity index (χ0v) is 24.1. The maximum Gasteiger partial charge on any atom is 0.408 e. The third-order valence-electron chi connectivity index (χ3n) is 7.27. The summed E-state index contributed by atoms with van der Waals surface area (Å²) in [4.78, 5) is 39.8. The van der Waals surface area contributed by atoms with Gasteiger partial charge in [0.1, 0.15) is 17.7 Å². The van der Waals surface area contributed by atoms with Crippen LogP contribution in [-0.4, -0.2) is 64.2 Å². The van der Waals surface area contributed by atoms with E-state index in [9.17, 15) is 9.59 Å². The average Bonchev–Trinajstić information content (AvgIpc) is 3.22. The van der Waals surface area contributed by atoms with Crippen molar-refractivity contribution in [3.63, 3.8) is 0 Å². The number of fused-ring (bicyclic) bond motifs is 1. The molecule has 9 heteroatoms. The third-order valence-corrected chi connectivity index (χ3v) is 7.52. The van der Waals surface area contributed by atoms with Crippen LogP contribution in [0.1, 0.15) is 83.0 Å². The van der Waals surface area contributed by atoms with Crippen LogP contribution < -0.4 is 10.2 Å². The van der Waals surface area contributed by atoms with Gasteiger partial charge in [-0.3, -0.25) is 4.79 Å². The van der Waals surface area contributed by atoms with Crippen LogP contribution in [0.5, 0.6) is 0 Å². The van der Waals surface area contributed by atoms with Crippen molar-refractivity contribution in [3.8, 4) is 0 Å². The fourth-order valence-electron chi connectivity index (χ4n) is 5.42. The number of hydrogen-bond acceptors (Lipinski definition) is 6.